The van der Waals surface area contributed by atoms with Crippen molar-refractivity contribution >= 4 is 0 Å². The molecule has 7 nitrogen and oxygen atoms in total. The Balaban J connectivity index is 2.52. The van der Waals surface area contributed by atoms with Crippen LogP contribution in [0.3, 0.4) is 0 Å². The Morgan fingerprint density at radius 2 is 1.71 bits per heavy atom. The molecule has 1 saturated heterocycles. The van der Waals surface area contributed by atoms with Gasteiger partial charge >= 0.3 is 0 Å². The van der Waals surface area contributed by atoms with Crippen LogP contribution in [0.4, 0.5) is 0 Å². The van der Waals surface area contributed by atoms with Gasteiger partial charge in [-0.05, 0) is 0 Å². The van der Waals surface area contributed by atoms with Crippen LogP contribution in [0.1, 0.15) is 0 Å². The monoisotopic (exact) mass is 209 g/mol. The summed E-state index contributed by atoms with van der Waals surface area (Å²) in [5.41, 5.74) is 5.15. The van der Waals surface area contributed by atoms with E-state index in [1.807, 2.05) is 0 Å². The summed E-state index contributed by atoms with van der Waals surface area (Å²) in [7, 11) is 0. The summed E-state index contributed by atoms with van der Waals surface area (Å²) in [4.78, 5) is 0. The molecule has 1 fully saturated rings. The second-order valence-electron chi connectivity index (χ2n) is 3.03. The van der Waals surface area contributed by atoms with Gasteiger partial charge in [0.25, 0.3) is 0 Å². The van der Waals surface area contributed by atoms with Crippen LogP contribution in [0.15, 0.2) is 0 Å². The quantitative estimate of drug-likeness (QED) is 0.330. The average Bonchev–Trinajstić information content (AvgIpc) is 2.18. The standard InChI is InChI=1S/C7H15NO6/c8-1-2-13-7-5(11)3(9)4(10)6(12)14-7/h3-7,9-12H,1-2,8H2/t3-,4-,5-,6-,7?/m0/s1. The van der Waals surface area contributed by atoms with Gasteiger partial charge in [0.1, 0.15) is 18.3 Å². The Bertz CT molecular complexity index is 180. The molecule has 1 aliphatic heterocycles. The molecule has 14 heavy (non-hydrogen) atoms. The Labute approximate surface area is 80.7 Å². The van der Waals surface area contributed by atoms with Gasteiger partial charge in [-0.25, -0.2) is 0 Å². The second-order valence-corrected chi connectivity index (χ2v) is 3.03. The Kier molecular flexibility index (Phi) is 4.20. The highest BCUT2D eigenvalue weighted by atomic mass is 16.7. The zero-order valence-electron chi connectivity index (χ0n) is 7.48. The van der Waals surface area contributed by atoms with E-state index in [4.69, 9.17) is 25.4 Å². The summed E-state index contributed by atoms with van der Waals surface area (Å²) in [6.45, 7) is 0.346. The molecular formula is C7H15NO6. The molecule has 0 spiro atoms. The lowest BCUT2D eigenvalue weighted by molar-refractivity contribution is -0.339. The number of ether oxygens (including phenoxy) is 2. The molecule has 7 heteroatoms. The van der Waals surface area contributed by atoms with Gasteiger partial charge in [-0.15, -0.1) is 0 Å². The van der Waals surface area contributed by atoms with Crippen molar-refractivity contribution in [3.63, 3.8) is 0 Å². The summed E-state index contributed by atoms with van der Waals surface area (Å²) in [5.74, 6) is 0. The van der Waals surface area contributed by atoms with Gasteiger partial charge in [0.15, 0.2) is 12.6 Å². The molecule has 1 aliphatic rings. The first kappa shape index (κ1) is 11.8. The van der Waals surface area contributed by atoms with Crippen molar-refractivity contribution < 1.29 is 29.9 Å². The van der Waals surface area contributed by atoms with Gasteiger partial charge in [0.2, 0.25) is 0 Å². The predicted molar refractivity (Wildman–Crippen MR) is 43.9 cm³/mol. The zero-order chi connectivity index (χ0) is 10.7. The number of hydrogen-bond acceptors (Lipinski definition) is 7. The summed E-state index contributed by atoms with van der Waals surface area (Å²) in [6, 6.07) is 0. The number of rotatable bonds is 3. The predicted octanol–water partition coefficient (Wildman–Crippen LogP) is -3.28. The summed E-state index contributed by atoms with van der Waals surface area (Å²) < 4.78 is 9.61. The van der Waals surface area contributed by atoms with Gasteiger partial charge < -0.3 is 35.6 Å². The molecule has 0 saturated carbocycles. The normalized spacial score (nSPS) is 43.9. The van der Waals surface area contributed by atoms with Crippen molar-refractivity contribution in [1.29, 1.82) is 0 Å². The summed E-state index contributed by atoms with van der Waals surface area (Å²) in [6.07, 6.45) is -7.19. The minimum Gasteiger partial charge on any atom is -0.387 e. The molecule has 84 valence electrons. The fraction of sp³-hybridized carbons (Fsp3) is 1.00. The van der Waals surface area contributed by atoms with E-state index < -0.39 is 30.9 Å². The van der Waals surface area contributed by atoms with Gasteiger partial charge in [0.05, 0.1) is 6.61 Å². The summed E-state index contributed by atoms with van der Waals surface area (Å²) in [5, 5.41) is 36.8. The van der Waals surface area contributed by atoms with E-state index in [-0.39, 0.29) is 13.2 Å². The van der Waals surface area contributed by atoms with Crippen LogP contribution >= 0.6 is 0 Å². The molecule has 1 rings (SSSR count). The Morgan fingerprint density at radius 1 is 1.07 bits per heavy atom. The van der Waals surface area contributed by atoms with Gasteiger partial charge in [-0.1, -0.05) is 0 Å². The first-order valence-corrected chi connectivity index (χ1v) is 4.27. The minimum absolute atomic E-state index is 0.122. The molecule has 1 heterocycles. The fourth-order valence-electron chi connectivity index (χ4n) is 1.15. The van der Waals surface area contributed by atoms with Crippen LogP contribution in [0.2, 0.25) is 0 Å². The lowest BCUT2D eigenvalue weighted by atomic mass is 10.0. The molecule has 0 amide bonds. The van der Waals surface area contributed by atoms with Crippen LogP contribution in [0.5, 0.6) is 0 Å². The molecule has 0 aromatic rings. The van der Waals surface area contributed by atoms with Crippen molar-refractivity contribution in [1.82, 2.24) is 0 Å². The first-order chi connectivity index (χ1) is 6.57. The molecule has 0 radical (unpaired) electrons. The van der Waals surface area contributed by atoms with E-state index in [2.05, 4.69) is 0 Å². The molecule has 1 unspecified atom stereocenters. The van der Waals surface area contributed by atoms with E-state index in [0.717, 1.165) is 0 Å². The van der Waals surface area contributed by atoms with E-state index >= 15 is 0 Å². The number of hydrogen-bond donors (Lipinski definition) is 5. The highest BCUT2D eigenvalue weighted by Gasteiger charge is 2.43. The number of nitrogens with two attached hydrogens (primary N) is 1. The molecule has 0 aromatic heterocycles. The van der Waals surface area contributed by atoms with Crippen molar-refractivity contribution in [2.75, 3.05) is 13.2 Å². The largest absolute Gasteiger partial charge is 0.387 e. The molecule has 0 bridgehead atoms. The number of aliphatic hydroxyl groups is 4. The maximum Gasteiger partial charge on any atom is 0.189 e. The molecule has 0 aromatic carbocycles. The first-order valence-electron chi connectivity index (χ1n) is 4.27. The van der Waals surface area contributed by atoms with Crippen molar-refractivity contribution in [3.8, 4) is 0 Å². The smallest absolute Gasteiger partial charge is 0.189 e. The molecule has 0 aliphatic carbocycles. The maximum atomic E-state index is 9.34. The second kappa shape index (κ2) is 4.99. The van der Waals surface area contributed by atoms with Crippen LogP contribution in [-0.2, 0) is 9.47 Å². The van der Waals surface area contributed by atoms with E-state index in [1.54, 1.807) is 0 Å². The third kappa shape index (κ3) is 2.39. The minimum atomic E-state index is -1.57. The van der Waals surface area contributed by atoms with Crippen molar-refractivity contribution in [3.05, 3.63) is 0 Å². The van der Waals surface area contributed by atoms with Gasteiger partial charge in [0, 0.05) is 6.54 Å². The highest BCUT2D eigenvalue weighted by molar-refractivity contribution is 4.84. The Morgan fingerprint density at radius 3 is 2.29 bits per heavy atom. The number of aliphatic hydroxyl groups excluding tert-OH is 4. The molecule has 5 atom stereocenters. The third-order valence-corrected chi connectivity index (χ3v) is 1.94. The van der Waals surface area contributed by atoms with Crippen molar-refractivity contribution in [2.45, 2.75) is 30.9 Å². The molecular weight excluding hydrogens is 194 g/mol. The van der Waals surface area contributed by atoms with Gasteiger partial charge in [-0.3, -0.25) is 0 Å². The lowest BCUT2D eigenvalue weighted by Gasteiger charge is -2.37. The maximum absolute atomic E-state index is 9.34. The van der Waals surface area contributed by atoms with Crippen LogP contribution in [0, 0.1) is 0 Å². The Hall–Kier alpha value is -0.280. The highest BCUT2D eigenvalue weighted by Crippen LogP contribution is 2.20. The van der Waals surface area contributed by atoms with E-state index in [1.165, 1.54) is 0 Å². The SMILES string of the molecule is NCCOC1O[C@H](O)[C@@H](O)[C@H](O)[C@@H]1O. The van der Waals surface area contributed by atoms with Crippen molar-refractivity contribution in [2.24, 2.45) is 5.73 Å². The fourth-order valence-corrected chi connectivity index (χ4v) is 1.15. The lowest BCUT2D eigenvalue weighted by Crippen LogP contribution is -2.58. The average molecular weight is 209 g/mol. The van der Waals surface area contributed by atoms with Crippen LogP contribution in [0.25, 0.3) is 0 Å². The summed E-state index contributed by atoms with van der Waals surface area (Å²) >= 11 is 0. The topological polar surface area (TPSA) is 125 Å². The zero-order valence-corrected chi connectivity index (χ0v) is 7.48. The van der Waals surface area contributed by atoms with Crippen LogP contribution < -0.4 is 5.73 Å². The molecule has 6 N–H and O–H groups in total. The third-order valence-electron chi connectivity index (χ3n) is 1.94. The van der Waals surface area contributed by atoms with E-state index in [0.29, 0.717) is 0 Å². The van der Waals surface area contributed by atoms with E-state index in [9.17, 15) is 10.2 Å². The van der Waals surface area contributed by atoms with Crippen LogP contribution in [-0.4, -0.2) is 64.5 Å². The van der Waals surface area contributed by atoms with Gasteiger partial charge in [-0.2, -0.15) is 0 Å².